The number of carbonyl (C=O) groups is 2. The van der Waals surface area contributed by atoms with Crippen LogP contribution in [0.1, 0.15) is 20.3 Å². The van der Waals surface area contributed by atoms with E-state index in [0.29, 0.717) is 30.6 Å². The van der Waals surface area contributed by atoms with Gasteiger partial charge in [0.25, 0.3) is 0 Å². The van der Waals surface area contributed by atoms with Crippen molar-refractivity contribution < 1.29 is 9.59 Å². The highest BCUT2D eigenvalue weighted by Crippen LogP contribution is 2.30. The molecule has 0 radical (unpaired) electrons. The first-order chi connectivity index (χ1) is 11.0. The van der Waals surface area contributed by atoms with Crippen molar-refractivity contribution in [1.29, 1.82) is 0 Å². The van der Waals surface area contributed by atoms with Gasteiger partial charge in [0.15, 0.2) is 5.13 Å². The third-order valence-electron chi connectivity index (χ3n) is 4.05. The third kappa shape index (κ3) is 3.22. The molecule has 1 atom stereocenters. The molecular formula is C17H21N3O2S. The van der Waals surface area contributed by atoms with Gasteiger partial charge in [0, 0.05) is 26.6 Å². The van der Waals surface area contributed by atoms with Gasteiger partial charge < -0.3 is 4.90 Å². The summed E-state index contributed by atoms with van der Waals surface area (Å²) in [6.45, 7) is 5.39. The third-order valence-corrected chi connectivity index (χ3v) is 5.16. The zero-order valence-corrected chi connectivity index (χ0v) is 14.5. The Hall–Kier alpha value is -1.95. The monoisotopic (exact) mass is 331 g/mol. The molecule has 122 valence electrons. The van der Waals surface area contributed by atoms with Gasteiger partial charge in [0.05, 0.1) is 16.1 Å². The predicted octanol–water partition coefficient (Wildman–Crippen LogP) is 2.76. The predicted molar refractivity (Wildman–Crippen MR) is 92.6 cm³/mol. The van der Waals surface area contributed by atoms with Gasteiger partial charge >= 0.3 is 0 Å². The minimum atomic E-state index is -0.265. The quantitative estimate of drug-likeness (QED) is 0.865. The van der Waals surface area contributed by atoms with Crippen LogP contribution in [-0.4, -0.2) is 41.8 Å². The smallest absolute Gasteiger partial charge is 0.233 e. The van der Waals surface area contributed by atoms with Crippen LogP contribution in [-0.2, 0) is 9.59 Å². The lowest BCUT2D eigenvalue weighted by Gasteiger charge is -2.20. The molecular weight excluding hydrogens is 310 g/mol. The highest BCUT2D eigenvalue weighted by Gasteiger charge is 2.36. The van der Waals surface area contributed by atoms with Gasteiger partial charge in [-0.3, -0.25) is 14.5 Å². The van der Waals surface area contributed by atoms with Gasteiger partial charge in [-0.05, 0) is 18.1 Å². The number of fused-ring (bicyclic) bond motifs is 1. The Morgan fingerprint density at radius 3 is 2.87 bits per heavy atom. The Bertz CT molecular complexity index is 707. The minimum Gasteiger partial charge on any atom is -0.342 e. The summed E-state index contributed by atoms with van der Waals surface area (Å²) in [5.41, 5.74) is 0.899. The maximum atomic E-state index is 12.7. The molecule has 1 aliphatic rings. The fourth-order valence-corrected chi connectivity index (χ4v) is 3.86. The molecule has 1 aromatic carbocycles. The van der Waals surface area contributed by atoms with Crippen LogP contribution in [0.25, 0.3) is 10.2 Å². The number of aromatic nitrogens is 1. The van der Waals surface area contributed by atoms with E-state index in [2.05, 4.69) is 18.8 Å². The van der Waals surface area contributed by atoms with Crippen molar-refractivity contribution in [2.45, 2.75) is 20.3 Å². The first-order valence-electron chi connectivity index (χ1n) is 7.86. The highest BCUT2D eigenvalue weighted by molar-refractivity contribution is 7.22. The van der Waals surface area contributed by atoms with Crippen LogP contribution in [0.5, 0.6) is 0 Å². The van der Waals surface area contributed by atoms with Gasteiger partial charge in [0.2, 0.25) is 11.8 Å². The van der Waals surface area contributed by atoms with Crippen LogP contribution in [0, 0.1) is 11.8 Å². The zero-order chi connectivity index (χ0) is 16.6. The first-order valence-corrected chi connectivity index (χ1v) is 8.68. The zero-order valence-electron chi connectivity index (χ0n) is 13.7. The molecule has 5 nitrogen and oxygen atoms in total. The lowest BCUT2D eigenvalue weighted by Crippen LogP contribution is -2.35. The number of thiazole rings is 1. The van der Waals surface area contributed by atoms with Crippen molar-refractivity contribution in [1.82, 2.24) is 9.88 Å². The average molecular weight is 331 g/mol. The summed E-state index contributed by atoms with van der Waals surface area (Å²) < 4.78 is 1.06. The van der Waals surface area contributed by atoms with E-state index in [-0.39, 0.29) is 17.7 Å². The van der Waals surface area contributed by atoms with Crippen LogP contribution in [0.3, 0.4) is 0 Å². The van der Waals surface area contributed by atoms with Crippen LogP contribution in [0.4, 0.5) is 5.13 Å². The number of rotatable bonds is 4. The van der Waals surface area contributed by atoms with E-state index >= 15 is 0 Å². The van der Waals surface area contributed by atoms with Gasteiger partial charge in [-0.25, -0.2) is 4.98 Å². The summed E-state index contributed by atoms with van der Waals surface area (Å²) >= 11 is 1.50. The van der Waals surface area contributed by atoms with Crippen LogP contribution in [0.15, 0.2) is 24.3 Å². The molecule has 1 unspecified atom stereocenters. The maximum Gasteiger partial charge on any atom is 0.233 e. The fraction of sp³-hybridized carbons (Fsp3) is 0.471. The van der Waals surface area contributed by atoms with Crippen molar-refractivity contribution in [2.75, 3.05) is 25.0 Å². The minimum absolute atomic E-state index is 0.0244. The molecule has 3 rings (SSSR count). The van der Waals surface area contributed by atoms with E-state index in [1.165, 1.54) is 11.3 Å². The van der Waals surface area contributed by atoms with Gasteiger partial charge in [-0.1, -0.05) is 37.3 Å². The Morgan fingerprint density at radius 1 is 1.43 bits per heavy atom. The lowest BCUT2D eigenvalue weighted by atomic mass is 10.1. The number of hydrogen-bond donors (Lipinski definition) is 0. The first kappa shape index (κ1) is 15.9. The second kappa shape index (κ2) is 6.28. The molecule has 1 aliphatic heterocycles. The number of hydrogen-bond acceptors (Lipinski definition) is 4. The van der Waals surface area contributed by atoms with Crippen molar-refractivity contribution >= 4 is 38.5 Å². The summed E-state index contributed by atoms with van der Waals surface area (Å²) in [6, 6.07) is 7.84. The molecule has 1 aromatic heterocycles. The van der Waals surface area contributed by atoms with E-state index in [9.17, 15) is 9.59 Å². The molecule has 23 heavy (non-hydrogen) atoms. The Balaban J connectivity index is 1.73. The molecule has 0 saturated carbocycles. The second-order valence-electron chi connectivity index (χ2n) is 6.46. The average Bonchev–Trinajstić information content (AvgIpc) is 3.09. The van der Waals surface area contributed by atoms with Crippen molar-refractivity contribution in [3.8, 4) is 0 Å². The summed E-state index contributed by atoms with van der Waals surface area (Å²) in [6.07, 6.45) is 0.306. The molecule has 0 N–H and O–H groups in total. The Kier molecular flexibility index (Phi) is 4.35. The largest absolute Gasteiger partial charge is 0.342 e. The number of carbonyl (C=O) groups excluding carboxylic acids is 2. The SMILES string of the molecule is CC(C)CN1CC(C(=O)N(C)c2nc3ccccc3s2)CC1=O. The van der Waals surface area contributed by atoms with Crippen LogP contribution in [0.2, 0.25) is 0 Å². The van der Waals surface area contributed by atoms with Crippen molar-refractivity contribution in [2.24, 2.45) is 11.8 Å². The molecule has 0 spiro atoms. The van der Waals surface area contributed by atoms with Gasteiger partial charge in [0.1, 0.15) is 0 Å². The number of likely N-dealkylation sites (tertiary alicyclic amines) is 1. The van der Waals surface area contributed by atoms with Crippen molar-refractivity contribution in [3.63, 3.8) is 0 Å². The van der Waals surface area contributed by atoms with E-state index < -0.39 is 0 Å². The van der Waals surface area contributed by atoms with Crippen LogP contribution < -0.4 is 4.90 Å². The van der Waals surface area contributed by atoms with Crippen LogP contribution >= 0.6 is 11.3 Å². The maximum absolute atomic E-state index is 12.7. The standard InChI is InChI=1S/C17H21N3O2S/c1-11(2)9-20-10-12(8-15(20)21)16(22)19(3)17-18-13-6-4-5-7-14(13)23-17/h4-7,11-12H,8-10H2,1-3H3. The number of anilines is 1. The Morgan fingerprint density at radius 2 is 2.17 bits per heavy atom. The molecule has 1 fully saturated rings. The molecule has 2 amide bonds. The summed E-state index contributed by atoms with van der Waals surface area (Å²) in [4.78, 5) is 32.7. The highest BCUT2D eigenvalue weighted by atomic mass is 32.1. The van der Waals surface area contributed by atoms with E-state index in [1.807, 2.05) is 24.3 Å². The molecule has 6 heteroatoms. The van der Waals surface area contributed by atoms with E-state index in [0.717, 1.165) is 10.2 Å². The van der Waals surface area contributed by atoms with E-state index in [1.54, 1.807) is 16.8 Å². The molecule has 1 saturated heterocycles. The topological polar surface area (TPSA) is 53.5 Å². The van der Waals surface area contributed by atoms with Gasteiger partial charge in [-0.2, -0.15) is 0 Å². The fourth-order valence-electron chi connectivity index (χ4n) is 2.93. The van der Waals surface area contributed by atoms with E-state index in [4.69, 9.17) is 0 Å². The number of nitrogens with zero attached hydrogens (tertiary/aromatic N) is 3. The molecule has 0 bridgehead atoms. The Labute approximate surface area is 139 Å². The molecule has 2 aromatic rings. The number of para-hydroxylation sites is 1. The van der Waals surface area contributed by atoms with Gasteiger partial charge in [-0.15, -0.1) is 0 Å². The van der Waals surface area contributed by atoms with Crippen molar-refractivity contribution in [3.05, 3.63) is 24.3 Å². The summed E-state index contributed by atoms with van der Waals surface area (Å²) in [7, 11) is 1.75. The number of amides is 2. The number of benzene rings is 1. The second-order valence-corrected chi connectivity index (χ2v) is 7.46. The molecule has 2 heterocycles. The summed E-state index contributed by atoms with van der Waals surface area (Å²) in [5.74, 6) is 0.200. The summed E-state index contributed by atoms with van der Waals surface area (Å²) in [5, 5.41) is 0.686. The molecule has 0 aliphatic carbocycles. The normalized spacial score (nSPS) is 18.2. The lowest BCUT2D eigenvalue weighted by molar-refractivity contribution is -0.128.